The molecule has 0 aromatic rings. The summed E-state index contributed by atoms with van der Waals surface area (Å²) in [5, 5.41) is 0. The minimum absolute atomic E-state index is 0.0451. The summed E-state index contributed by atoms with van der Waals surface area (Å²) < 4.78 is 11.3. The van der Waals surface area contributed by atoms with Gasteiger partial charge in [0.2, 0.25) is 0 Å². The molecule has 0 amide bonds. The molecule has 0 saturated carbocycles. The number of fused-ring (bicyclic) bond motifs is 3. The molecule has 0 radical (unpaired) electrons. The molecule has 1 aliphatic carbocycles. The third-order valence-corrected chi connectivity index (χ3v) is 4.51. The van der Waals surface area contributed by atoms with Crippen molar-refractivity contribution in [3.8, 4) is 0 Å². The average Bonchev–Trinajstić information content (AvgIpc) is 2.90. The van der Waals surface area contributed by atoms with E-state index in [0.29, 0.717) is 11.5 Å². The number of esters is 1. The van der Waals surface area contributed by atoms with Crippen LogP contribution in [0.5, 0.6) is 0 Å². The van der Waals surface area contributed by atoms with Gasteiger partial charge in [0.05, 0.1) is 5.60 Å². The van der Waals surface area contributed by atoms with Gasteiger partial charge < -0.3 is 9.47 Å². The van der Waals surface area contributed by atoms with E-state index in [0.717, 1.165) is 19.3 Å². The molecule has 98 valence electrons. The summed E-state index contributed by atoms with van der Waals surface area (Å²) in [6.45, 7) is 8.21. The Morgan fingerprint density at radius 2 is 2.22 bits per heavy atom. The van der Waals surface area contributed by atoms with Gasteiger partial charge in [0.25, 0.3) is 0 Å². The van der Waals surface area contributed by atoms with Gasteiger partial charge in [-0.1, -0.05) is 25.7 Å². The van der Waals surface area contributed by atoms with Crippen LogP contribution in [0, 0.1) is 11.8 Å². The summed E-state index contributed by atoms with van der Waals surface area (Å²) >= 11 is 0. The van der Waals surface area contributed by atoms with Crippen molar-refractivity contribution in [1.82, 2.24) is 0 Å². The molecule has 5 unspecified atom stereocenters. The van der Waals surface area contributed by atoms with E-state index in [9.17, 15) is 4.79 Å². The van der Waals surface area contributed by atoms with Gasteiger partial charge in [-0.25, -0.2) is 4.79 Å². The second-order valence-electron chi connectivity index (χ2n) is 6.04. The summed E-state index contributed by atoms with van der Waals surface area (Å²) in [7, 11) is 0. The van der Waals surface area contributed by atoms with Crippen molar-refractivity contribution < 1.29 is 14.3 Å². The van der Waals surface area contributed by atoms with Crippen LogP contribution < -0.4 is 0 Å². The van der Waals surface area contributed by atoms with Gasteiger partial charge in [-0.2, -0.15) is 0 Å². The van der Waals surface area contributed by atoms with Gasteiger partial charge >= 0.3 is 5.97 Å². The topological polar surface area (TPSA) is 38.8 Å². The van der Waals surface area contributed by atoms with Crippen LogP contribution in [-0.4, -0.2) is 23.8 Å². The zero-order chi connectivity index (χ0) is 12.9. The van der Waals surface area contributed by atoms with E-state index in [1.165, 1.54) is 0 Å². The molecule has 3 aliphatic rings. The number of carbonyl (C=O) groups excluding carboxylic acids is 1. The molecule has 18 heavy (non-hydrogen) atoms. The van der Waals surface area contributed by atoms with Crippen LogP contribution in [0.2, 0.25) is 0 Å². The van der Waals surface area contributed by atoms with E-state index in [4.69, 9.17) is 9.47 Å². The Balaban J connectivity index is 1.87. The maximum Gasteiger partial charge on any atom is 0.334 e. The fourth-order valence-electron chi connectivity index (χ4n) is 3.15. The minimum Gasteiger partial charge on any atom is -0.455 e. The number of carbonyl (C=O) groups is 1. The molecule has 2 saturated heterocycles. The van der Waals surface area contributed by atoms with Crippen molar-refractivity contribution in [3.63, 3.8) is 0 Å². The summed E-state index contributed by atoms with van der Waals surface area (Å²) in [6.07, 6.45) is 7.31. The molecule has 0 bridgehead atoms. The maximum absolute atomic E-state index is 11.7. The number of ether oxygens (including phenoxy) is 2. The first-order valence-corrected chi connectivity index (χ1v) is 6.75. The normalized spacial score (nSPS) is 47.2. The molecule has 3 nitrogen and oxygen atoms in total. The van der Waals surface area contributed by atoms with Crippen molar-refractivity contribution >= 4 is 5.97 Å². The van der Waals surface area contributed by atoms with Crippen LogP contribution in [0.15, 0.2) is 24.3 Å². The van der Waals surface area contributed by atoms with Gasteiger partial charge in [-0.15, -0.1) is 0 Å². The number of epoxide rings is 1. The lowest BCUT2D eigenvalue weighted by atomic mass is 9.83. The van der Waals surface area contributed by atoms with Crippen LogP contribution in [0.3, 0.4) is 0 Å². The van der Waals surface area contributed by atoms with Crippen molar-refractivity contribution in [1.29, 1.82) is 0 Å². The van der Waals surface area contributed by atoms with Gasteiger partial charge in [0.1, 0.15) is 12.2 Å². The Hall–Kier alpha value is -1.09. The van der Waals surface area contributed by atoms with Crippen molar-refractivity contribution in [3.05, 3.63) is 24.3 Å². The molecular weight excluding hydrogens is 228 g/mol. The quantitative estimate of drug-likeness (QED) is 0.286. The zero-order valence-electron chi connectivity index (χ0n) is 11.0. The molecule has 2 fully saturated rings. The Morgan fingerprint density at radius 1 is 1.44 bits per heavy atom. The maximum atomic E-state index is 11.7. The summed E-state index contributed by atoms with van der Waals surface area (Å²) in [6, 6.07) is 0. The van der Waals surface area contributed by atoms with Gasteiger partial charge in [-0.3, -0.25) is 0 Å². The third-order valence-electron chi connectivity index (χ3n) is 4.51. The molecule has 3 heteroatoms. The van der Waals surface area contributed by atoms with E-state index in [-0.39, 0.29) is 29.7 Å². The minimum atomic E-state index is -0.234. The third kappa shape index (κ3) is 1.81. The van der Waals surface area contributed by atoms with Crippen LogP contribution in [-0.2, 0) is 14.3 Å². The van der Waals surface area contributed by atoms with Crippen LogP contribution >= 0.6 is 0 Å². The first kappa shape index (κ1) is 12.0. The standard InChI is InChI=1S/C15H20O3/c1-9-5-4-8-15(3)13(18-15)12-11(7-6-9)10(2)14(16)17-12/h4-5,9,11-13H,2,6-8H2,1,3H3. The van der Waals surface area contributed by atoms with Crippen LogP contribution in [0.25, 0.3) is 0 Å². The summed E-state index contributed by atoms with van der Waals surface area (Å²) in [5.41, 5.74) is 0.482. The molecular formula is C15H20O3. The van der Waals surface area contributed by atoms with E-state index in [1.807, 2.05) is 0 Å². The molecule has 2 aliphatic heterocycles. The fourth-order valence-corrected chi connectivity index (χ4v) is 3.15. The van der Waals surface area contributed by atoms with Crippen molar-refractivity contribution in [2.75, 3.05) is 0 Å². The molecule has 0 N–H and O–H groups in total. The van der Waals surface area contributed by atoms with E-state index < -0.39 is 0 Å². The predicted octanol–water partition coefficient (Wildman–Crippen LogP) is 2.62. The number of hydrogen-bond donors (Lipinski definition) is 0. The molecule has 0 aromatic heterocycles. The predicted molar refractivity (Wildman–Crippen MR) is 67.9 cm³/mol. The Bertz CT molecular complexity index is 425. The molecule has 0 spiro atoms. The highest BCUT2D eigenvalue weighted by molar-refractivity contribution is 5.91. The van der Waals surface area contributed by atoms with Gasteiger partial charge in [-0.05, 0) is 32.1 Å². The number of hydrogen-bond acceptors (Lipinski definition) is 3. The lowest BCUT2D eigenvalue weighted by Crippen LogP contribution is -2.28. The molecule has 2 heterocycles. The molecule has 0 aromatic carbocycles. The highest BCUT2D eigenvalue weighted by Gasteiger charge is 2.61. The first-order chi connectivity index (χ1) is 8.51. The van der Waals surface area contributed by atoms with Gasteiger partial charge in [0.15, 0.2) is 0 Å². The zero-order valence-corrected chi connectivity index (χ0v) is 11.0. The summed E-state index contributed by atoms with van der Waals surface area (Å²) in [4.78, 5) is 11.7. The first-order valence-electron chi connectivity index (χ1n) is 6.75. The Morgan fingerprint density at radius 3 is 3.00 bits per heavy atom. The molecule has 5 atom stereocenters. The highest BCUT2D eigenvalue weighted by atomic mass is 16.6. The summed E-state index contributed by atoms with van der Waals surface area (Å²) in [5.74, 6) is 0.439. The molecule has 3 rings (SSSR count). The number of rotatable bonds is 0. The Kier molecular flexibility index (Phi) is 2.63. The lowest BCUT2D eigenvalue weighted by Gasteiger charge is -2.19. The second-order valence-corrected chi connectivity index (χ2v) is 6.04. The average molecular weight is 248 g/mol. The largest absolute Gasteiger partial charge is 0.455 e. The highest BCUT2D eigenvalue weighted by Crippen LogP contribution is 2.49. The van der Waals surface area contributed by atoms with E-state index in [1.54, 1.807) is 0 Å². The van der Waals surface area contributed by atoms with Crippen LogP contribution in [0.4, 0.5) is 0 Å². The second kappa shape index (κ2) is 3.95. The Labute approximate surface area is 108 Å². The number of allylic oxidation sites excluding steroid dienone is 1. The van der Waals surface area contributed by atoms with Crippen molar-refractivity contribution in [2.45, 2.75) is 50.9 Å². The van der Waals surface area contributed by atoms with E-state index >= 15 is 0 Å². The lowest BCUT2D eigenvalue weighted by molar-refractivity contribution is -0.140. The van der Waals surface area contributed by atoms with Gasteiger partial charge in [0, 0.05) is 11.5 Å². The SMILES string of the molecule is C=C1C(=O)OC2C1CCC(C)C=CCC1(C)OC21. The van der Waals surface area contributed by atoms with E-state index in [2.05, 4.69) is 32.6 Å². The monoisotopic (exact) mass is 248 g/mol. The fraction of sp³-hybridized carbons (Fsp3) is 0.667. The van der Waals surface area contributed by atoms with Crippen molar-refractivity contribution in [2.24, 2.45) is 11.8 Å². The smallest absolute Gasteiger partial charge is 0.334 e. The van der Waals surface area contributed by atoms with Crippen LogP contribution in [0.1, 0.15) is 33.1 Å².